The summed E-state index contributed by atoms with van der Waals surface area (Å²) >= 11 is 0. The largest absolute Gasteiger partial charge is 0.443 e. The molecule has 0 unspecified atom stereocenters. The van der Waals surface area contributed by atoms with Gasteiger partial charge in [0.1, 0.15) is 11.4 Å². The molecule has 0 radical (unpaired) electrons. The van der Waals surface area contributed by atoms with E-state index < -0.39 is 17.6 Å². The van der Waals surface area contributed by atoms with Crippen LogP contribution in [0.1, 0.15) is 31.1 Å². The normalized spacial score (nSPS) is 11.2. The number of fused-ring (bicyclic) bond motifs is 1. The van der Waals surface area contributed by atoms with Crippen LogP contribution in [0, 0.1) is 5.82 Å². The highest BCUT2D eigenvalue weighted by Gasteiger charge is 2.20. The Kier molecular flexibility index (Phi) is 6.33. The molecule has 2 amide bonds. The monoisotopic (exact) mass is 475 g/mol. The van der Waals surface area contributed by atoms with Crippen LogP contribution < -0.4 is 15.6 Å². The van der Waals surface area contributed by atoms with Crippen LogP contribution in [-0.2, 0) is 4.74 Å². The molecule has 0 aliphatic carbocycles. The zero-order valence-corrected chi connectivity index (χ0v) is 19.4. The van der Waals surface area contributed by atoms with Gasteiger partial charge in [-0.15, -0.1) is 0 Å². The Morgan fingerprint density at radius 3 is 2.17 bits per heavy atom. The van der Waals surface area contributed by atoms with E-state index in [9.17, 15) is 19.2 Å². The lowest BCUT2D eigenvalue weighted by atomic mass is 10.0. The van der Waals surface area contributed by atoms with Crippen molar-refractivity contribution in [1.29, 1.82) is 0 Å². The number of hydrogen-bond donors (Lipinski definition) is 3. The third-order valence-electron chi connectivity index (χ3n) is 5.01. The van der Waals surface area contributed by atoms with Crippen molar-refractivity contribution >= 4 is 22.9 Å². The van der Waals surface area contributed by atoms with E-state index in [1.807, 2.05) is 24.3 Å². The van der Waals surface area contributed by atoms with E-state index in [0.717, 1.165) is 21.4 Å². The second-order valence-electron chi connectivity index (χ2n) is 8.84. The summed E-state index contributed by atoms with van der Waals surface area (Å²) in [5, 5.41) is 10.2. The second-order valence-corrected chi connectivity index (χ2v) is 8.84. The van der Waals surface area contributed by atoms with Gasteiger partial charge in [-0.25, -0.2) is 19.6 Å². The number of carbonyl (C=O) groups excluding carboxylic acids is 2. The molecule has 0 aliphatic rings. The van der Waals surface area contributed by atoms with Gasteiger partial charge in [0.15, 0.2) is 0 Å². The zero-order valence-electron chi connectivity index (χ0n) is 19.4. The summed E-state index contributed by atoms with van der Waals surface area (Å²) in [6, 6.07) is 16.8. The van der Waals surface area contributed by atoms with Crippen LogP contribution in [0.15, 0.2) is 73.1 Å². The molecule has 35 heavy (non-hydrogen) atoms. The van der Waals surface area contributed by atoms with E-state index in [-0.39, 0.29) is 11.4 Å². The van der Waals surface area contributed by atoms with Crippen LogP contribution in [0.2, 0.25) is 0 Å². The summed E-state index contributed by atoms with van der Waals surface area (Å²) in [5.41, 5.74) is 7.51. The van der Waals surface area contributed by atoms with Gasteiger partial charge in [0.05, 0.1) is 22.2 Å². The van der Waals surface area contributed by atoms with Crippen LogP contribution >= 0.6 is 0 Å². The first-order valence-corrected chi connectivity index (χ1v) is 10.8. The summed E-state index contributed by atoms with van der Waals surface area (Å²) in [7, 11) is 0. The molecule has 2 aromatic heterocycles. The summed E-state index contributed by atoms with van der Waals surface area (Å²) < 4.78 is 19.2. The molecular formula is C26H24FN4O4+. The Balaban J connectivity index is 1.65. The van der Waals surface area contributed by atoms with Gasteiger partial charge in [-0.1, -0.05) is 36.4 Å². The smallest absolute Gasteiger partial charge is 0.426 e. The molecule has 4 aromatic rings. The van der Waals surface area contributed by atoms with Crippen LogP contribution in [0.5, 0.6) is 0 Å². The first kappa shape index (κ1) is 23.6. The molecule has 0 bridgehead atoms. The number of ether oxygens (including phenoxy) is 1. The Labute approximate surface area is 200 Å². The van der Waals surface area contributed by atoms with Crippen molar-refractivity contribution in [3.63, 3.8) is 0 Å². The molecule has 8 nitrogen and oxygen atoms in total. The molecule has 2 aromatic carbocycles. The number of halogens is 1. The van der Waals surface area contributed by atoms with Crippen molar-refractivity contribution in [3.05, 3.63) is 84.4 Å². The van der Waals surface area contributed by atoms with E-state index in [4.69, 9.17) is 4.74 Å². The molecule has 4 rings (SSSR count). The Bertz CT molecular complexity index is 1400. The fourth-order valence-corrected chi connectivity index (χ4v) is 3.45. The minimum Gasteiger partial charge on any atom is -0.443 e. The van der Waals surface area contributed by atoms with Crippen LogP contribution in [0.25, 0.3) is 33.3 Å². The number of nitrogens with one attached hydrogen (secondary N) is 2. The van der Waals surface area contributed by atoms with Crippen molar-refractivity contribution in [3.8, 4) is 22.4 Å². The van der Waals surface area contributed by atoms with E-state index in [2.05, 4.69) is 15.8 Å². The molecule has 0 saturated carbocycles. The first-order valence-electron chi connectivity index (χ1n) is 10.8. The fourth-order valence-electron chi connectivity index (χ4n) is 3.45. The van der Waals surface area contributed by atoms with Crippen molar-refractivity contribution in [1.82, 2.24) is 15.8 Å². The first-order chi connectivity index (χ1) is 16.6. The number of hydrogen-bond acceptors (Lipinski definition) is 5. The molecule has 9 heteroatoms. The van der Waals surface area contributed by atoms with Gasteiger partial charge in [0.2, 0.25) is 12.4 Å². The SMILES string of the molecule is CC(C)(C)OC(=O)NNC(=O)c1cc(-c2ccc(-c3ccc(F)cc3)cc2)nc2cc[n+](O)cc12. The average molecular weight is 476 g/mol. The number of nitrogens with zero attached hydrogens (tertiary/aromatic N) is 2. The maximum atomic E-state index is 13.2. The second kappa shape index (κ2) is 9.38. The highest BCUT2D eigenvalue weighted by atomic mass is 19.1. The number of pyridine rings is 2. The molecule has 178 valence electrons. The van der Waals surface area contributed by atoms with Crippen LogP contribution in [0.4, 0.5) is 9.18 Å². The molecule has 0 fully saturated rings. The van der Waals surface area contributed by atoms with E-state index >= 15 is 0 Å². The van der Waals surface area contributed by atoms with Gasteiger partial charge in [-0.2, -0.15) is 0 Å². The lowest BCUT2D eigenvalue weighted by Gasteiger charge is -2.19. The number of hydrazine groups is 1. The van der Waals surface area contributed by atoms with Crippen molar-refractivity contribution in [2.75, 3.05) is 0 Å². The summed E-state index contributed by atoms with van der Waals surface area (Å²) in [6.45, 7) is 5.12. The number of amides is 2. The molecule has 0 saturated heterocycles. The predicted molar refractivity (Wildman–Crippen MR) is 127 cm³/mol. The van der Waals surface area contributed by atoms with Gasteiger partial charge < -0.3 is 4.74 Å². The van der Waals surface area contributed by atoms with Crippen LogP contribution in [0.3, 0.4) is 0 Å². The van der Waals surface area contributed by atoms with Crippen molar-refractivity contribution < 1.29 is 28.7 Å². The molecule has 0 aliphatic heterocycles. The third kappa shape index (κ3) is 5.70. The fraction of sp³-hybridized carbons (Fsp3) is 0.154. The van der Waals surface area contributed by atoms with Gasteiger partial charge in [0, 0.05) is 16.4 Å². The van der Waals surface area contributed by atoms with E-state index in [0.29, 0.717) is 16.6 Å². The Morgan fingerprint density at radius 1 is 0.943 bits per heavy atom. The minimum atomic E-state index is -0.807. The maximum absolute atomic E-state index is 13.2. The van der Waals surface area contributed by atoms with Gasteiger partial charge in [0.25, 0.3) is 5.91 Å². The number of rotatable bonds is 3. The zero-order chi connectivity index (χ0) is 25.2. The Hall–Kier alpha value is -4.53. The average Bonchev–Trinajstić information content (AvgIpc) is 2.81. The number of aromatic nitrogens is 2. The molecular weight excluding hydrogens is 451 g/mol. The van der Waals surface area contributed by atoms with Crippen molar-refractivity contribution in [2.45, 2.75) is 26.4 Å². The quantitative estimate of drug-likeness (QED) is 0.231. The standard InChI is InChI=1S/C26H23FN4O4/c1-26(2,3)35-25(33)30-29-24(32)20-14-23(28-22-12-13-31(34)15-21(20)22)18-6-4-16(5-7-18)17-8-10-19(27)11-9-17/h4-15,32,34H,1-3H3/p+1. The number of carbonyl (C=O) groups is 2. The maximum Gasteiger partial charge on any atom is 0.426 e. The molecule has 0 atom stereocenters. The molecule has 0 spiro atoms. The van der Waals surface area contributed by atoms with Gasteiger partial charge >= 0.3 is 6.09 Å². The highest BCUT2D eigenvalue weighted by molar-refractivity contribution is 6.07. The predicted octanol–water partition coefficient (Wildman–Crippen LogP) is 4.40. The van der Waals surface area contributed by atoms with Crippen LogP contribution in [-0.4, -0.2) is 27.8 Å². The minimum absolute atomic E-state index is 0.187. The lowest BCUT2D eigenvalue weighted by Crippen LogP contribution is -2.44. The number of benzene rings is 2. The highest BCUT2D eigenvalue weighted by Crippen LogP contribution is 2.27. The van der Waals surface area contributed by atoms with E-state index in [1.165, 1.54) is 24.5 Å². The topological polar surface area (TPSA) is 104 Å². The van der Waals surface area contributed by atoms with Gasteiger partial charge in [-0.05, 0) is 50.1 Å². The third-order valence-corrected chi connectivity index (χ3v) is 5.01. The van der Waals surface area contributed by atoms with E-state index in [1.54, 1.807) is 45.0 Å². The molecule has 3 N–H and O–H groups in total. The summed E-state index contributed by atoms with van der Waals surface area (Å²) in [6.07, 6.45) is 1.95. The summed E-state index contributed by atoms with van der Waals surface area (Å²) in [4.78, 5) is 29.5. The lowest BCUT2D eigenvalue weighted by molar-refractivity contribution is -0.904. The Morgan fingerprint density at radius 2 is 1.54 bits per heavy atom. The molecule has 2 heterocycles. The van der Waals surface area contributed by atoms with Crippen molar-refractivity contribution in [2.24, 2.45) is 0 Å². The summed E-state index contributed by atoms with van der Waals surface area (Å²) in [5.74, 6) is -0.916. The van der Waals surface area contributed by atoms with Gasteiger partial charge in [-0.3, -0.25) is 15.4 Å².